The smallest absolute Gasteiger partial charge is 0.254 e. The lowest BCUT2D eigenvalue weighted by molar-refractivity contribution is -0.125. The van der Waals surface area contributed by atoms with Gasteiger partial charge in [0.1, 0.15) is 5.75 Å². The van der Waals surface area contributed by atoms with Gasteiger partial charge in [0, 0.05) is 37.4 Å². The molecule has 0 saturated carbocycles. The molecule has 4 nitrogen and oxygen atoms in total. The Balaban J connectivity index is 1.55. The van der Waals surface area contributed by atoms with E-state index in [4.69, 9.17) is 4.74 Å². The second-order valence-corrected chi connectivity index (χ2v) is 7.31. The van der Waals surface area contributed by atoms with Crippen molar-refractivity contribution in [1.29, 1.82) is 0 Å². The number of ether oxygens (including phenoxy) is 1. The fraction of sp³-hybridized carbons (Fsp3) is 0.192. The molecule has 3 aromatic carbocycles. The third kappa shape index (κ3) is 4.54. The number of para-hydroxylation sites is 1. The summed E-state index contributed by atoms with van der Waals surface area (Å²) in [5.74, 6) is 0.876. The number of hydrogen-bond donors (Lipinski definition) is 0. The van der Waals surface area contributed by atoms with Crippen LogP contribution in [0, 0.1) is 0 Å². The van der Waals surface area contributed by atoms with Crippen LogP contribution in [0.1, 0.15) is 11.1 Å². The van der Waals surface area contributed by atoms with E-state index in [1.165, 1.54) is 5.69 Å². The summed E-state index contributed by atoms with van der Waals surface area (Å²) in [5.41, 5.74) is 3.84. The molecule has 0 aromatic heterocycles. The van der Waals surface area contributed by atoms with E-state index in [1.54, 1.807) is 7.11 Å². The first-order valence-corrected chi connectivity index (χ1v) is 10.2. The SMILES string of the molecule is COc1ccc(C=C(C(=O)N2CCN(c3ccccc3)CC2)c2ccccc2)cc1. The average molecular weight is 399 g/mol. The summed E-state index contributed by atoms with van der Waals surface area (Å²) in [5, 5.41) is 0. The van der Waals surface area contributed by atoms with Crippen LogP contribution < -0.4 is 9.64 Å². The molecule has 1 aliphatic heterocycles. The molecule has 0 N–H and O–H groups in total. The predicted octanol–water partition coefficient (Wildman–Crippen LogP) is 4.58. The molecule has 0 radical (unpaired) electrons. The number of rotatable bonds is 5. The number of nitrogens with zero attached hydrogens (tertiary/aromatic N) is 2. The Bertz CT molecular complexity index is 990. The average Bonchev–Trinajstić information content (AvgIpc) is 2.84. The number of piperazine rings is 1. The van der Waals surface area contributed by atoms with Crippen LogP contribution in [0.25, 0.3) is 11.6 Å². The summed E-state index contributed by atoms with van der Waals surface area (Å²) in [6.07, 6.45) is 1.97. The molecule has 3 aromatic rings. The first kappa shape index (κ1) is 19.8. The van der Waals surface area contributed by atoms with Crippen LogP contribution in [-0.2, 0) is 4.79 Å². The Morgan fingerprint density at radius 3 is 2.00 bits per heavy atom. The highest BCUT2D eigenvalue weighted by atomic mass is 16.5. The highest BCUT2D eigenvalue weighted by molar-refractivity contribution is 6.24. The fourth-order valence-electron chi connectivity index (χ4n) is 3.73. The van der Waals surface area contributed by atoms with E-state index in [2.05, 4.69) is 29.2 Å². The van der Waals surface area contributed by atoms with Gasteiger partial charge < -0.3 is 14.5 Å². The molecule has 4 heteroatoms. The van der Waals surface area contributed by atoms with E-state index in [0.29, 0.717) is 18.7 Å². The predicted molar refractivity (Wildman–Crippen MR) is 123 cm³/mol. The highest BCUT2D eigenvalue weighted by Gasteiger charge is 2.24. The normalized spacial score (nSPS) is 14.5. The Morgan fingerprint density at radius 2 is 1.40 bits per heavy atom. The van der Waals surface area contributed by atoms with Crippen molar-refractivity contribution in [2.45, 2.75) is 0 Å². The van der Waals surface area contributed by atoms with Gasteiger partial charge in [-0.15, -0.1) is 0 Å². The molecule has 0 atom stereocenters. The van der Waals surface area contributed by atoms with Gasteiger partial charge in [-0.1, -0.05) is 60.7 Å². The molecule has 1 saturated heterocycles. The van der Waals surface area contributed by atoms with Crippen LogP contribution in [0.5, 0.6) is 5.75 Å². The van der Waals surface area contributed by atoms with Gasteiger partial charge in [0.25, 0.3) is 5.91 Å². The van der Waals surface area contributed by atoms with Gasteiger partial charge in [-0.05, 0) is 41.5 Å². The largest absolute Gasteiger partial charge is 0.497 e. The zero-order valence-electron chi connectivity index (χ0n) is 17.2. The summed E-state index contributed by atoms with van der Waals surface area (Å²) in [6, 6.07) is 28.1. The minimum Gasteiger partial charge on any atom is -0.497 e. The van der Waals surface area contributed by atoms with E-state index in [0.717, 1.165) is 30.0 Å². The molecule has 1 aliphatic rings. The number of benzene rings is 3. The first-order chi connectivity index (χ1) is 14.7. The first-order valence-electron chi connectivity index (χ1n) is 10.2. The minimum absolute atomic E-state index is 0.0738. The Hall–Kier alpha value is -3.53. The zero-order chi connectivity index (χ0) is 20.8. The van der Waals surface area contributed by atoms with E-state index in [1.807, 2.05) is 71.6 Å². The summed E-state index contributed by atoms with van der Waals surface area (Å²) in [4.78, 5) is 17.8. The number of methoxy groups -OCH3 is 1. The van der Waals surface area contributed by atoms with Gasteiger partial charge in [0.15, 0.2) is 0 Å². The maximum absolute atomic E-state index is 13.5. The molecule has 0 bridgehead atoms. The lowest BCUT2D eigenvalue weighted by Crippen LogP contribution is -2.49. The molecule has 30 heavy (non-hydrogen) atoms. The third-order valence-corrected chi connectivity index (χ3v) is 5.43. The maximum atomic E-state index is 13.5. The summed E-state index contributed by atoms with van der Waals surface area (Å²) in [7, 11) is 1.65. The monoisotopic (exact) mass is 398 g/mol. The lowest BCUT2D eigenvalue weighted by atomic mass is 10.0. The van der Waals surface area contributed by atoms with Gasteiger partial charge in [-0.2, -0.15) is 0 Å². The van der Waals surface area contributed by atoms with Gasteiger partial charge in [-0.25, -0.2) is 0 Å². The van der Waals surface area contributed by atoms with Crippen molar-refractivity contribution in [3.05, 3.63) is 96.1 Å². The third-order valence-electron chi connectivity index (χ3n) is 5.43. The number of carbonyl (C=O) groups is 1. The molecule has 1 heterocycles. The molecular formula is C26H26N2O2. The van der Waals surface area contributed by atoms with Crippen molar-refractivity contribution >= 4 is 23.2 Å². The summed E-state index contributed by atoms with van der Waals surface area (Å²) in [6.45, 7) is 3.09. The molecule has 4 rings (SSSR count). The van der Waals surface area contributed by atoms with Crippen LogP contribution in [-0.4, -0.2) is 44.1 Å². The quantitative estimate of drug-likeness (QED) is 0.466. The van der Waals surface area contributed by atoms with Crippen LogP contribution in [0.3, 0.4) is 0 Å². The molecule has 0 unspecified atom stereocenters. The van der Waals surface area contributed by atoms with Crippen LogP contribution >= 0.6 is 0 Å². The van der Waals surface area contributed by atoms with E-state index >= 15 is 0 Å². The van der Waals surface area contributed by atoms with Crippen LogP contribution in [0.2, 0.25) is 0 Å². The summed E-state index contributed by atoms with van der Waals surface area (Å²) >= 11 is 0. The molecule has 0 aliphatic carbocycles. The zero-order valence-corrected chi connectivity index (χ0v) is 17.2. The second kappa shape index (κ2) is 9.31. The van der Waals surface area contributed by atoms with Crippen molar-refractivity contribution in [2.75, 3.05) is 38.2 Å². The fourth-order valence-corrected chi connectivity index (χ4v) is 3.73. The summed E-state index contributed by atoms with van der Waals surface area (Å²) < 4.78 is 5.25. The van der Waals surface area contributed by atoms with Gasteiger partial charge >= 0.3 is 0 Å². The van der Waals surface area contributed by atoms with Crippen LogP contribution in [0.15, 0.2) is 84.9 Å². The van der Waals surface area contributed by atoms with Crippen molar-refractivity contribution in [3.63, 3.8) is 0 Å². The topological polar surface area (TPSA) is 32.8 Å². The highest BCUT2D eigenvalue weighted by Crippen LogP contribution is 2.24. The molecule has 1 amide bonds. The second-order valence-electron chi connectivity index (χ2n) is 7.31. The number of hydrogen-bond acceptors (Lipinski definition) is 3. The van der Waals surface area contributed by atoms with E-state index in [9.17, 15) is 4.79 Å². The standard InChI is InChI=1S/C26H26N2O2/c1-30-24-14-12-21(13-15-24)20-25(22-8-4-2-5-9-22)26(29)28-18-16-27(17-19-28)23-10-6-3-7-11-23/h2-15,20H,16-19H2,1H3. The lowest BCUT2D eigenvalue weighted by Gasteiger charge is -2.36. The number of anilines is 1. The number of amides is 1. The molecule has 152 valence electrons. The van der Waals surface area contributed by atoms with Gasteiger partial charge in [0.05, 0.1) is 7.11 Å². The molecule has 0 spiro atoms. The van der Waals surface area contributed by atoms with Crippen molar-refractivity contribution in [3.8, 4) is 5.75 Å². The Labute approximate surface area is 178 Å². The van der Waals surface area contributed by atoms with Gasteiger partial charge in [-0.3, -0.25) is 4.79 Å². The maximum Gasteiger partial charge on any atom is 0.254 e. The van der Waals surface area contributed by atoms with Crippen molar-refractivity contribution in [1.82, 2.24) is 4.90 Å². The molecular weight excluding hydrogens is 372 g/mol. The van der Waals surface area contributed by atoms with Crippen LogP contribution in [0.4, 0.5) is 5.69 Å². The molecule has 1 fully saturated rings. The Morgan fingerprint density at radius 1 is 0.800 bits per heavy atom. The van der Waals surface area contributed by atoms with E-state index < -0.39 is 0 Å². The Kier molecular flexibility index (Phi) is 6.14. The minimum atomic E-state index is 0.0738. The number of carbonyl (C=O) groups excluding carboxylic acids is 1. The van der Waals surface area contributed by atoms with Crippen molar-refractivity contribution < 1.29 is 9.53 Å². The van der Waals surface area contributed by atoms with E-state index in [-0.39, 0.29) is 5.91 Å². The van der Waals surface area contributed by atoms with Gasteiger partial charge in [0.2, 0.25) is 0 Å². The van der Waals surface area contributed by atoms with Crippen molar-refractivity contribution in [2.24, 2.45) is 0 Å².